The van der Waals surface area contributed by atoms with Gasteiger partial charge in [-0.25, -0.2) is 4.79 Å². The molecular formula is C21H28F3N3O2. The van der Waals surface area contributed by atoms with Crippen LogP contribution in [-0.2, 0) is 11.2 Å². The number of rotatable bonds is 3. The van der Waals surface area contributed by atoms with Gasteiger partial charge in [-0.2, -0.15) is 13.2 Å². The summed E-state index contributed by atoms with van der Waals surface area (Å²) in [4.78, 5) is 29.8. The van der Waals surface area contributed by atoms with Crippen LogP contribution >= 0.6 is 0 Å². The summed E-state index contributed by atoms with van der Waals surface area (Å²) in [7, 11) is 0. The van der Waals surface area contributed by atoms with Gasteiger partial charge >= 0.3 is 11.9 Å². The van der Waals surface area contributed by atoms with Crippen LogP contribution in [0.3, 0.4) is 0 Å². The van der Waals surface area contributed by atoms with Crippen molar-refractivity contribution in [1.29, 1.82) is 0 Å². The van der Waals surface area contributed by atoms with Crippen LogP contribution in [-0.4, -0.2) is 39.6 Å². The minimum Gasteiger partial charge on any atom is -0.343 e. The molecule has 5 nitrogen and oxygen atoms in total. The number of aromatic nitrogens is 2. The Morgan fingerprint density at radius 2 is 1.79 bits per heavy atom. The third-order valence-corrected chi connectivity index (χ3v) is 6.85. The molecule has 29 heavy (non-hydrogen) atoms. The third kappa shape index (κ3) is 4.31. The zero-order chi connectivity index (χ0) is 20.6. The summed E-state index contributed by atoms with van der Waals surface area (Å²) in [5, 5.41) is 0. The summed E-state index contributed by atoms with van der Waals surface area (Å²) < 4.78 is 40.3. The van der Waals surface area contributed by atoms with Crippen molar-refractivity contribution < 1.29 is 18.0 Å². The van der Waals surface area contributed by atoms with Gasteiger partial charge in [0.25, 0.3) is 0 Å². The van der Waals surface area contributed by atoms with Crippen molar-refractivity contribution >= 4 is 12.0 Å². The molecule has 0 unspecified atom stereocenters. The summed E-state index contributed by atoms with van der Waals surface area (Å²) in [6.07, 6.45) is 4.74. The lowest BCUT2D eigenvalue weighted by Gasteiger charge is -2.35. The van der Waals surface area contributed by atoms with Gasteiger partial charge in [-0.1, -0.05) is 6.08 Å². The predicted octanol–water partition coefficient (Wildman–Crippen LogP) is 4.06. The molecule has 1 aromatic heterocycles. The van der Waals surface area contributed by atoms with Gasteiger partial charge in [-0.3, -0.25) is 9.36 Å². The van der Waals surface area contributed by atoms with E-state index < -0.39 is 12.1 Å². The van der Waals surface area contributed by atoms with Crippen LogP contribution in [0, 0.1) is 11.8 Å². The second-order valence-electron chi connectivity index (χ2n) is 8.68. The molecule has 1 amide bonds. The number of nitrogens with zero attached hydrogens (tertiary/aromatic N) is 2. The van der Waals surface area contributed by atoms with E-state index in [2.05, 4.69) is 11.1 Å². The van der Waals surface area contributed by atoms with Gasteiger partial charge in [0.15, 0.2) is 0 Å². The number of piperidine rings is 1. The molecular weight excluding hydrogens is 383 g/mol. The smallest absolute Gasteiger partial charge is 0.343 e. The van der Waals surface area contributed by atoms with Crippen LogP contribution in [0.25, 0.3) is 6.08 Å². The highest BCUT2D eigenvalue weighted by molar-refractivity contribution is 5.76. The highest BCUT2D eigenvalue weighted by atomic mass is 19.4. The maximum absolute atomic E-state index is 12.8. The SMILES string of the molecule is O=C(CC1CCC(C(F)(F)F)CC1)N1CCC(n2c3c([nH]c2=O)C=CCC3)CC1. The van der Waals surface area contributed by atoms with Crippen LogP contribution in [0.5, 0.6) is 0 Å². The van der Waals surface area contributed by atoms with E-state index in [1.807, 2.05) is 15.5 Å². The van der Waals surface area contributed by atoms with Crippen LogP contribution in [0.15, 0.2) is 10.9 Å². The van der Waals surface area contributed by atoms with Gasteiger partial charge in [-0.05, 0) is 63.4 Å². The first-order chi connectivity index (χ1) is 13.8. The normalized spacial score (nSPS) is 25.8. The number of amides is 1. The molecule has 1 aromatic rings. The zero-order valence-corrected chi connectivity index (χ0v) is 16.5. The quantitative estimate of drug-likeness (QED) is 0.816. The van der Waals surface area contributed by atoms with Crippen molar-refractivity contribution in [3.05, 3.63) is 27.9 Å². The van der Waals surface area contributed by atoms with Crippen molar-refractivity contribution in [2.24, 2.45) is 11.8 Å². The van der Waals surface area contributed by atoms with Crippen LogP contribution in [0.1, 0.15) is 68.8 Å². The number of fused-ring (bicyclic) bond motifs is 1. The molecule has 0 radical (unpaired) electrons. The third-order valence-electron chi connectivity index (χ3n) is 6.85. The van der Waals surface area contributed by atoms with E-state index in [-0.39, 0.29) is 36.4 Å². The number of nitrogens with one attached hydrogen (secondary N) is 1. The number of imidazole rings is 1. The second-order valence-corrected chi connectivity index (χ2v) is 8.68. The highest BCUT2D eigenvalue weighted by Crippen LogP contribution is 2.40. The number of alkyl halides is 3. The number of halogens is 3. The number of aromatic amines is 1. The number of H-pyrrole nitrogens is 1. The lowest BCUT2D eigenvalue weighted by atomic mass is 9.80. The van der Waals surface area contributed by atoms with E-state index in [0.717, 1.165) is 37.1 Å². The Balaban J connectivity index is 1.29. The second kappa shape index (κ2) is 8.03. The predicted molar refractivity (Wildman–Crippen MR) is 103 cm³/mol. The van der Waals surface area contributed by atoms with Gasteiger partial charge in [0.1, 0.15) is 0 Å². The Hall–Kier alpha value is -1.99. The highest BCUT2D eigenvalue weighted by Gasteiger charge is 2.41. The van der Waals surface area contributed by atoms with Crippen LogP contribution in [0.4, 0.5) is 13.2 Å². The number of hydrogen-bond acceptors (Lipinski definition) is 2. The minimum absolute atomic E-state index is 0.0466. The maximum atomic E-state index is 12.8. The zero-order valence-electron chi connectivity index (χ0n) is 16.5. The topological polar surface area (TPSA) is 58.1 Å². The molecule has 2 heterocycles. The maximum Gasteiger partial charge on any atom is 0.391 e. The number of hydrogen-bond donors (Lipinski definition) is 1. The Labute approximate surface area is 168 Å². The summed E-state index contributed by atoms with van der Waals surface area (Å²) in [5.41, 5.74) is 1.88. The largest absolute Gasteiger partial charge is 0.391 e. The first kappa shape index (κ1) is 20.3. The molecule has 1 aliphatic heterocycles. The molecule has 2 aliphatic carbocycles. The fourth-order valence-corrected chi connectivity index (χ4v) is 5.14. The first-order valence-electron chi connectivity index (χ1n) is 10.7. The average molecular weight is 411 g/mol. The Morgan fingerprint density at radius 1 is 1.10 bits per heavy atom. The van der Waals surface area contributed by atoms with Crippen molar-refractivity contribution in [2.75, 3.05) is 13.1 Å². The molecule has 0 atom stereocenters. The molecule has 2 fully saturated rings. The standard InChI is InChI=1S/C21H28F3N3O2/c22-21(23,24)15-7-5-14(6-8-15)13-19(28)26-11-9-16(10-12-26)27-18-4-2-1-3-17(18)25-20(27)29/h1,3,14-16H,2,4-13H2,(H,25,29). The number of carbonyl (C=O) groups is 1. The molecule has 0 bridgehead atoms. The summed E-state index contributed by atoms with van der Waals surface area (Å²) >= 11 is 0. The van der Waals surface area contributed by atoms with E-state index in [1.54, 1.807) is 0 Å². The lowest BCUT2D eigenvalue weighted by Crippen LogP contribution is -2.41. The molecule has 1 saturated heterocycles. The fraction of sp³-hybridized carbons (Fsp3) is 0.714. The van der Waals surface area contributed by atoms with Crippen molar-refractivity contribution in [3.8, 4) is 0 Å². The first-order valence-corrected chi connectivity index (χ1v) is 10.7. The van der Waals surface area contributed by atoms with Crippen molar-refractivity contribution in [3.63, 3.8) is 0 Å². The van der Waals surface area contributed by atoms with Gasteiger partial charge < -0.3 is 9.88 Å². The van der Waals surface area contributed by atoms with Crippen LogP contribution in [0.2, 0.25) is 0 Å². The molecule has 4 rings (SSSR count). The summed E-state index contributed by atoms with van der Waals surface area (Å²) in [6.45, 7) is 1.20. The van der Waals surface area contributed by atoms with E-state index in [0.29, 0.717) is 32.4 Å². The Kier molecular flexibility index (Phi) is 5.62. The Bertz CT molecular complexity index is 823. The summed E-state index contributed by atoms with van der Waals surface area (Å²) in [6, 6.07) is 0.0975. The minimum atomic E-state index is -4.11. The molecule has 160 valence electrons. The van der Waals surface area contributed by atoms with Crippen molar-refractivity contribution in [2.45, 2.75) is 70.0 Å². The van der Waals surface area contributed by atoms with E-state index in [1.165, 1.54) is 0 Å². The van der Waals surface area contributed by atoms with Gasteiger partial charge in [-0.15, -0.1) is 0 Å². The molecule has 1 saturated carbocycles. The van der Waals surface area contributed by atoms with Gasteiger partial charge in [0.05, 0.1) is 11.6 Å². The van der Waals surface area contributed by atoms with Crippen molar-refractivity contribution in [1.82, 2.24) is 14.5 Å². The van der Waals surface area contributed by atoms with Crippen LogP contribution < -0.4 is 5.69 Å². The molecule has 0 spiro atoms. The number of likely N-dealkylation sites (tertiary alicyclic amines) is 1. The Morgan fingerprint density at radius 3 is 2.45 bits per heavy atom. The lowest BCUT2D eigenvalue weighted by molar-refractivity contribution is -0.184. The van der Waals surface area contributed by atoms with E-state index >= 15 is 0 Å². The number of carbonyl (C=O) groups excluding carboxylic acids is 1. The molecule has 1 N–H and O–H groups in total. The molecule has 3 aliphatic rings. The average Bonchev–Trinajstić information content (AvgIpc) is 3.03. The fourth-order valence-electron chi connectivity index (χ4n) is 5.14. The molecule has 0 aromatic carbocycles. The summed E-state index contributed by atoms with van der Waals surface area (Å²) in [5.74, 6) is -1.10. The monoisotopic (exact) mass is 411 g/mol. The van der Waals surface area contributed by atoms with Gasteiger partial charge in [0.2, 0.25) is 5.91 Å². The number of allylic oxidation sites excluding steroid dienone is 1. The van der Waals surface area contributed by atoms with E-state index in [4.69, 9.17) is 0 Å². The molecule has 8 heteroatoms. The van der Waals surface area contributed by atoms with Gasteiger partial charge in [0, 0.05) is 31.2 Å². The van der Waals surface area contributed by atoms with E-state index in [9.17, 15) is 22.8 Å².